The molecular formula is C14H25ClN2S2. The number of rotatable bonds is 8. The van der Waals surface area contributed by atoms with Crippen LogP contribution >= 0.6 is 34.7 Å². The van der Waals surface area contributed by atoms with Gasteiger partial charge < -0.3 is 5.73 Å². The first-order chi connectivity index (χ1) is 9.01. The minimum atomic E-state index is 0.149. The molecule has 0 saturated carbocycles. The molecule has 0 aliphatic rings. The van der Waals surface area contributed by atoms with Gasteiger partial charge in [-0.2, -0.15) is 11.8 Å². The molecule has 2 N–H and O–H groups in total. The first-order valence-electron chi connectivity index (χ1n) is 6.72. The Morgan fingerprint density at radius 3 is 2.63 bits per heavy atom. The molecule has 3 atom stereocenters. The first-order valence-corrected chi connectivity index (χ1v) is 9.31. The molecule has 2 nitrogen and oxygen atoms in total. The topological polar surface area (TPSA) is 29.3 Å². The van der Waals surface area contributed by atoms with E-state index in [1.807, 2.05) is 17.8 Å². The molecule has 0 aliphatic heterocycles. The van der Waals surface area contributed by atoms with E-state index in [0.29, 0.717) is 6.04 Å². The molecule has 3 unspecified atom stereocenters. The highest BCUT2D eigenvalue weighted by Gasteiger charge is 2.27. The number of thioether (sulfide) groups is 1. The third-order valence-corrected chi connectivity index (χ3v) is 5.58. The van der Waals surface area contributed by atoms with Crippen molar-refractivity contribution in [2.24, 2.45) is 5.73 Å². The smallest absolute Gasteiger partial charge is 0.0931 e. The SMILES string of the molecule is CCC(N)C(c1ccc(Cl)s1)N(C)C(C)CCSC. The van der Waals surface area contributed by atoms with Gasteiger partial charge in [-0.15, -0.1) is 11.3 Å². The maximum absolute atomic E-state index is 6.34. The highest BCUT2D eigenvalue weighted by Crippen LogP contribution is 2.33. The van der Waals surface area contributed by atoms with Crippen molar-refractivity contribution >= 4 is 34.7 Å². The summed E-state index contributed by atoms with van der Waals surface area (Å²) in [6.45, 7) is 4.42. The zero-order valence-corrected chi connectivity index (χ0v) is 14.6. The van der Waals surface area contributed by atoms with Crippen LogP contribution < -0.4 is 5.73 Å². The lowest BCUT2D eigenvalue weighted by molar-refractivity contribution is 0.158. The van der Waals surface area contributed by atoms with E-state index >= 15 is 0 Å². The van der Waals surface area contributed by atoms with Crippen LogP contribution in [0.1, 0.15) is 37.6 Å². The van der Waals surface area contributed by atoms with Crippen LogP contribution in [0.3, 0.4) is 0 Å². The fourth-order valence-electron chi connectivity index (χ4n) is 2.19. The van der Waals surface area contributed by atoms with E-state index in [1.165, 1.54) is 17.1 Å². The van der Waals surface area contributed by atoms with Crippen molar-refractivity contribution in [1.82, 2.24) is 4.90 Å². The molecule has 5 heteroatoms. The summed E-state index contributed by atoms with van der Waals surface area (Å²) in [6, 6.07) is 5.02. The fourth-order valence-corrected chi connectivity index (χ4v) is 4.06. The number of halogens is 1. The maximum Gasteiger partial charge on any atom is 0.0931 e. The van der Waals surface area contributed by atoms with Crippen LogP contribution in [0.5, 0.6) is 0 Å². The molecule has 1 rings (SSSR count). The van der Waals surface area contributed by atoms with Crippen LogP contribution in [0.4, 0.5) is 0 Å². The second kappa shape index (κ2) is 8.53. The molecular weight excluding hydrogens is 296 g/mol. The Kier molecular flexibility index (Phi) is 7.77. The molecule has 19 heavy (non-hydrogen) atoms. The summed E-state index contributed by atoms with van der Waals surface area (Å²) in [5, 5.41) is 0. The Bertz CT molecular complexity index is 370. The molecule has 0 spiro atoms. The summed E-state index contributed by atoms with van der Waals surface area (Å²) in [6.07, 6.45) is 4.31. The fraction of sp³-hybridized carbons (Fsp3) is 0.714. The molecule has 0 aromatic carbocycles. The van der Waals surface area contributed by atoms with E-state index < -0.39 is 0 Å². The summed E-state index contributed by atoms with van der Waals surface area (Å²) < 4.78 is 0.841. The molecule has 0 bridgehead atoms. The predicted octanol–water partition coefficient (Wildman–Crippen LogP) is 4.25. The zero-order valence-electron chi connectivity index (χ0n) is 12.2. The van der Waals surface area contributed by atoms with Gasteiger partial charge in [0.15, 0.2) is 0 Å². The van der Waals surface area contributed by atoms with E-state index in [-0.39, 0.29) is 12.1 Å². The van der Waals surface area contributed by atoms with Gasteiger partial charge in [-0.1, -0.05) is 18.5 Å². The van der Waals surface area contributed by atoms with Gasteiger partial charge >= 0.3 is 0 Å². The van der Waals surface area contributed by atoms with Gasteiger partial charge in [0.1, 0.15) is 0 Å². The van der Waals surface area contributed by atoms with Crippen molar-refractivity contribution in [2.75, 3.05) is 19.1 Å². The van der Waals surface area contributed by atoms with Crippen molar-refractivity contribution in [3.8, 4) is 0 Å². The van der Waals surface area contributed by atoms with Gasteiger partial charge in [0.25, 0.3) is 0 Å². The van der Waals surface area contributed by atoms with E-state index in [1.54, 1.807) is 11.3 Å². The van der Waals surface area contributed by atoms with Crippen LogP contribution in [-0.2, 0) is 0 Å². The molecule has 0 radical (unpaired) electrons. The molecule has 0 saturated heterocycles. The number of nitrogens with two attached hydrogens (primary N) is 1. The molecule has 1 aromatic heterocycles. The molecule has 110 valence electrons. The monoisotopic (exact) mass is 320 g/mol. The average molecular weight is 321 g/mol. The summed E-state index contributed by atoms with van der Waals surface area (Å²) in [4.78, 5) is 3.69. The Morgan fingerprint density at radius 1 is 1.47 bits per heavy atom. The van der Waals surface area contributed by atoms with Crippen molar-refractivity contribution in [1.29, 1.82) is 0 Å². The van der Waals surface area contributed by atoms with Crippen molar-refractivity contribution in [3.05, 3.63) is 21.3 Å². The molecule has 1 heterocycles. The van der Waals surface area contributed by atoms with Crippen molar-refractivity contribution < 1.29 is 0 Å². The number of hydrogen-bond acceptors (Lipinski definition) is 4. The standard InChI is InChI=1S/C14H25ClN2S2/c1-5-11(16)14(12-6-7-13(15)19-12)17(3)10(2)8-9-18-4/h6-7,10-11,14H,5,8-9,16H2,1-4H3. The van der Waals surface area contributed by atoms with Crippen LogP contribution in [0.2, 0.25) is 4.34 Å². The Morgan fingerprint density at radius 2 is 2.16 bits per heavy atom. The Hall–Kier alpha value is 0.260. The second-order valence-corrected chi connectivity index (χ2v) is 7.69. The van der Waals surface area contributed by atoms with Crippen LogP contribution in [0.25, 0.3) is 0 Å². The third-order valence-electron chi connectivity index (χ3n) is 3.64. The number of likely N-dealkylation sites (N-methyl/N-ethyl adjacent to an activating group) is 1. The van der Waals surface area contributed by atoms with Crippen LogP contribution in [0, 0.1) is 0 Å². The van der Waals surface area contributed by atoms with Gasteiger partial charge in [-0.25, -0.2) is 0 Å². The van der Waals surface area contributed by atoms with Gasteiger partial charge in [0.05, 0.1) is 10.4 Å². The lowest BCUT2D eigenvalue weighted by Gasteiger charge is -2.36. The normalized spacial score (nSPS) is 16.6. The summed E-state index contributed by atoms with van der Waals surface area (Å²) in [5.41, 5.74) is 6.34. The summed E-state index contributed by atoms with van der Waals surface area (Å²) in [7, 11) is 2.18. The maximum atomic E-state index is 6.34. The minimum absolute atomic E-state index is 0.149. The van der Waals surface area contributed by atoms with Crippen molar-refractivity contribution in [3.63, 3.8) is 0 Å². The summed E-state index contributed by atoms with van der Waals surface area (Å²) >= 11 is 9.62. The van der Waals surface area contributed by atoms with Gasteiger partial charge in [0, 0.05) is 17.0 Å². The predicted molar refractivity (Wildman–Crippen MR) is 90.6 cm³/mol. The number of nitrogens with zero attached hydrogens (tertiary/aromatic N) is 1. The molecule has 0 amide bonds. The quantitative estimate of drug-likeness (QED) is 0.776. The largest absolute Gasteiger partial charge is 0.326 e. The summed E-state index contributed by atoms with van der Waals surface area (Å²) in [5.74, 6) is 1.19. The lowest BCUT2D eigenvalue weighted by atomic mass is 10.0. The van der Waals surface area contributed by atoms with Crippen molar-refractivity contribution in [2.45, 2.75) is 44.8 Å². The van der Waals surface area contributed by atoms with Crippen LogP contribution in [-0.4, -0.2) is 36.0 Å². The van der Waals surface area contributed by atoms with E-state index in [2.05, 4.69) is 38.1 Å². The highest BCUT2D eigenvalue weighted by molar-refractivity contribution is 7.98. The van der Waals surface area contributed by atoms with E-state index in [9.17, 15) is 0 Å². The minimum Gasteiger partial charge on any atom is -0.326 e. The van der Waals surface area contributed by atoms with Crippen LogP contribution in [0.15, 0.2) is 12.1 Å². The number of thiophene rings is 1. The zero-order chi connectivity index (χ0) is 14.4. The van der Waals surface area contributed by atoms with Gasteiger partial charge in [-0.05, 0) is 51.0 Å². The number of hydrogen-bond donors (Lipinski definition) is 1. The average Bonchev–Trinajstić information content (AvgIpc) is 2.82. The van der Waals surface area contributed by atoms with Gasteiger partial charge in [-0.3, -0.25) is 4.90 Å². The lowest BCUT2D eigenvalue weighted by Crippen LogP contribution is -2.42. The van der Waals surface area contributed by atoms with Gasteiger partial charge in [0.2, 0.25) is 0 Å². The third kappa shape index (κ3) is 4.94. The first kappa shape index (κ1) is 17.3. The second-order valence-electron chi connectivity index (χ2n) is 4.95. The molecule has 1 aromatic rings. The molecule has 0 fully saturated rings. The Labute approximate surface area is 130 Å². The highest BCUT2D eigenvalue weighted by atomic mass is 35.5. The van der Waals surface area contributed by atoms with E-state index in [4.69, 9.17) is 17.3 Å². The molecule has 0 aliphatic carbocycles. The van der Waals surface area contributed by atoms with E-state index in [0.717, 1.165) is 10.8 Å². The Balaban J connectivity index is 2.84.